The maximum atomic E-state index is 13.7. The minimum absolute atomic E-state index is 0.0680. The van der Waals surface area contributed by atoms with Crippen LogP contribution in [0.3, 0.4) is 0 Å². The first-order chi connectivity index (χ1) is 18.1. The number of unbranched alkanes of at least 4 members (excludes halogenated alkanes) is 1. The van der Waals surface area contributed by atoms with Crippen LogP contribution in [0.15, 0.2) is 42.5 Å². The van der Waals surface area contributed by atoms with Crippen molar-refractivity contribution in [1.29, 1.82) is 0 Å². The normalized spacial score (nSPS) is 13.4. The van der Waals surface area contributed by atoms with Crippen LogP contribution in [-0.4, -0.2) is 56.2 Å². The molecule has 7 nitrogen and oxygen atoms in total. The molecule has 0 saturated carbocycles. The van der Waals surface area contributed by atoms with Crippen molar-refractivity contribution >= 4 is 16.0 Å². The zero-order valence-electron chi connectivity index (χ0n) is 22.6. The largest absolute Gasteiger partial charge is 0.459 e. The molecule has 0 spiro atoms. The van der Waals surface area contributed by atoms with E-state index >= 15 is 0 Å². The highest BCUT2D eigenvalue weighted by Crippen LogP contribution is 2.14. The van der Waals surface area contributed by atoms with E-state index in [9.17, 15) is 22.0 Å². The molecule has 2 rings (SSSR count). The molecule has 0 saturated heterocycles. The fourth-order valence-electron chi connectivity index (χ4n) is 4.13. The molecule has 0 bridgehead atoms. The summed E-state index contributed by atoms with van der Waals surface area (Å²) < 4.78 is 59.7. The van der Waals surface area contributed by atoms with E-state index in [1.165, 1.54) is 22.0 Å². The molecular weight excluding hydrogens is 512 g/mol. The Labute approximate surface area is 225 Å². The smallest absolute Gasteiger partial charge is 0.307 e. The van der Waals surface area contributed by atoms with Crippen molar-refractivity contribution in [2.24, 2.45) is 5.73 Å². The lowest BCUT2D eigenvalue weighted by atomic mass is 10.0. The van der Waals surface area contributed by atoms with Crippen LogP contribution in [0.4, 0.5) is 8.78 Å². The summed E-state index contributed by atoms with van der Waals surface area (Å²) >= 11 is 0. The van der Waals surface area contributed by atoms with Crippen molar-refractivity contribution in [3.8, 4) is 0 Å². The lowest BCUT2D eigenvalue weighted by Gasteiger charge is -2.25. The van der Waals surface area contributed by atoms with Gasteiger partial charge in [0.2, 0.25) is 10.0 Å². The molecule has 2 unspecified atom stereocenters. The Hall–Kier alpha value is -2.40. The number of nitrogens with two attached hydrogens (primary N) is 1. The summed E-state index contributed by atoms with van der Waals surface area (Å²) in [5.74, 6) is -2.50. The topological polar surface area (TPSA) is 102 Å². The number of carbonyl (C=O) groups is 1. The molecule has 2 aromatic rings. The minimum atomic E-state index is -3.61. The van der Waals surface area contributed by atoms with E-state index < -0.39 is 39.8 Å². The predicted octanol–water partition coefficient (Wildman–Crippen LogP) is 3.94. The van der Waals surface area contributed by atoms with Crippen molar-refractivity contribution in [3.63, 3.8) is 0 Å². The second-order valence-corrected chi connectivity index (χ2v) is 11.5. The Bertz CT molecular complexity index is 1110. The van der Waals surface area contributed by atoms with Crippen LogP contribution in [0.2, 0.25) is 0 Å². The maximum Gasteiger partial charge on any atom is 0.307 e. The highest BCUT2D eigenvalue weighted by atomic mass is 32.2. The molecule has 0 aliphatic carbocycles. The fourth-order valence-corrected chi connectivity index (χ4v) is 5.61. The summed E-state index contributed by atoms with van der Waals surface area (Å²) in [5.41, 5.74) is 8.92. The van der Waals surface area contributed by atoms with Crippen molar-refractivity contribution in [1.82, 2.24) is 9.62 Å². The predicted molar refractivity (Wildman–Crippen MR) is 146 cm³/mol. The second kappa shape index (κ2) is 15.9. The summed E-state index contributed by atoms with van der Waals surface area (Å²) in [7, 11) is -3.61. The molecular formula is C28H41F2N3O4S. The second-order valence-electron chi connectivity index (χ2n) is 9.39. The molecule has 0 heterocycles. The van der Waals surface area contributed by atoms with Gasteiger partial charge in [-0.2, -0.15) is 0 Å². The van der Waals surface area contributed by atoms with Gasteiger partial charge in [0.25, 0.3) is 0 Å². The molecule has 3 N–H and O–H groups in total. The summed E-state index contributed by atoms with van der Waals surface area (Å²) in [6, 6.07) is 10.4. The van der Waals surface area contributed by atoms with Crippen LogP contribution in [0, 0.1) is 11.6 Å². The average molecular weight is 554 g/mol. The molecule has 10 heteroatoms. The first-order valence-electron chi connectivity index (χ1n) is 13.2. The molecule has 0 aromatic heterocycles. The van der Waals surface area contributed by atoms with Gasteiger partial charge < -0.3 is 15.8 Å². The van der Waals surface area contributed by atoms with Gasteiger partial charge in [-0.15, -0.1) is 0 Å². The van der Waals surface area contributed by atoms with Gasteiger partial charge in [-0.25, -0.2) is 21.5 Å². The van der Waals surface area contributed by atoms with Crippen molar-refractivity contribution < 1.29 is 26.7 Å². The van der Waals surface area contributed by atoms with Gasteiger partial charge in [0.15, 0.2) is 0 Å². The molecule has 2 atom stereocenters. The Morgan fingerprint density at radius 3 is 2.37 bits per heavy atom. The SMILES string of the molecule is CCCCN(CC)S(=O)(=O)CCC(=O)OC(CNCc1cccc(CC)c1)C(N)Cc1cc(F)cc(F)c1. The Morgan fingerprint density at radius 2 is 1.74 bits per heavy atom. The van der Waals surface area contributed by atoms with Crippen LogP contribution >= 0.6 is 0 Å². The first kappa shape index (κ1) is 31.8. The molecule has 0 radical (unpaired) electrons. The van der Waals surface area contributed by atoms with Gasteiger partial charge in [0, 0.05) is 38.3 Å². The van der Waals surface area contributed by atoms with Crippen LogP contribution in [0.5, 0.6) is 0 Å². The van der Waals surface area contributed by atoms with Gasteiger partial charge in [-0.05, 0) is 48.1 Å². The van der Waals surface area contributed by atoms with E-state index in [-0.39, 0.29) is 25.1 Å². The highest BCUT2D eigenvalue weighted by molar-refractivity contribution is 7.89. The standard InChI is InChI=1S/C28H41F2N3O4S/c1-4-7-12-33(6-3)38(35,36)13-11-28(34)37-27(20-32-19-22-10-8-9-21(5-2)14-22)26(31)17-23-15-24(29)18-25(30)16-23/h8-10,14-16,18,26-27,32H,4-7,11-13,17,19-20,31H2,1-3H3. The number of halogens is 2. The van der Waals surface area contributed by atoms with Crippen LogP contribution < -0.4 is 11.1 Å². The number of benzene rings is 2. The lowest BCUT2D eigenvalue weighted by molar-refractivity contribution is -0.149. The van der Waals surface area contributed by atoms with Gasteiger partial charge in [0.1, 0.15) is 17.7 Å². The Morgan fingerprint density at radius 1 is 1.05 bits per heavy atom. The number of aryl methyl sites for hydroxylation is 1. The third kappa shape index (κ3) is 10.8. The zero-order valence-corrected chi connectivity index (χ0v) is 23.4. The number of nitrogens with one attached hydrogen (secondary N) is 1. The monoisotopic (exact) mass is 553 g/mol. The maximum absolute atomic E-state index is 13.7. The third-order valence-electron chi connectivity index (χ3n) is 6.30. The summed E-state index contributed by atoms with van der Waals surface area (Å²) in [5, 5.41) is 3.24. The molecule has 212 valence electrons. The van der Waals surface area contributed by atoms with Gasteiger partial charge in [-0.3, -0.25) is 4.79 Å². The molecule has 2 aromatic carbocycles. The molecule has 0 aliphatic rings. The Kier molecular flexibility index (Phi) is 13.3. The van der Waals surface area contributed by atoms with Gasteiger partial charge in [-0.1, -0.05) is 51.5 Å². The van der Waals surface area contributed by atoms with Crippen LogP contribution in [-0.2, 0) is 38.9 Å². The van der Waals surface area contributed by atoms with Gasteiger partial charge in [0.05, 0.1) is 12.2 Å². The van der Waals surface area contributed by atoms with E-state index in [2.05, 4.69) is 18.3 Å². The number of carbonyl (C=O) groups excluding carboxylic acids is 1. The first-order valence-corrected chi connectivity index (χ1v) is 14.8. The minimum Gasteiger partial charge on any atom is -0.459 e. The van der Waals surface area contributed by atoms with E-state index in [0.29, 0.717) is 25.2 Å². The van der Waals surface area contributed by atoms with Gasteiger partial charge >= 0.3 is 5.97 Å². The van der Waals surface area contributed by atoms with Crippen molar-refractivity contribution in [3.05, 3.63) is 70.8 Å². The number of rotatable bonds is 17. The lowest BCUT2D eigenvalue weighted by Crippen LogP contribution is -2.46. The number of sulfonamides is 1. The third-order valence-corrected chi connectivity index (χ3v) is 8.25. The number of hydrogen-bond donors (Lipinski definition) is 2. The average Bonchev–Trinajstić information content (AvgIpc) is 2.86. The van der Waals surface area contributed by atoms with Crippen molar-refractivity contribution in [2.75, 3.05) is 25.4 Å². The van der Waals surface area contributed by atoms with E-state index in [1.807, 2.05) is 25.1 Å². The number of ether oxygens (including phenoxy) is 1. The number of hydrogen-bond acceptors (Lipinski definition) is 6. The van der Waals surface area contributed by atoms with E-state index in [4.69, 9.17) is 10.5 Å². The van der Waals surface area contributed by atoms with Crippen molar-refractivity contribution in [2.45, 2.75) is 71.6 Å². The molecule has 0 amide bonds. The van der Waals surface area contributed by atoms with Crippen LogP contribution in [0.1, 0.15) is 56.7 Å². The van der Waals surface area contributed by atoms with E-state index in [0.717, 1.165) is 30.9 Å². The highest BCUT2D eigenvalue weighted by Gasteiger charge is 2.26. The number of nitrogens with zero attached hydrogens (tertiary/aromatic N) is 1. The van der Waals surface area contributed by atoms with E-state index in [1.54, 1.807) is 6.92 Å². The van der Waals surface area contributed by atoms with Crippen LogP contribution in [0.25, 0.3) is 0 Å². The zero-order chi connectivity index (χ0) is 28.1. The fraction of sp³-hybridized carbons (Fsp3) is 0.536. The molecule has 0 aliphatic heterocycles. The summed E-state index contributed by atoms with van der Waals surface area (Å²) in [6.07, 6.45) is 1.41. The summed E-state index contributed by atoms with van der Waals surface area (Å²) in [4.78, 5) is 12.7. The quantitative estimate of drug-likeness (QED) is 0.288. The number of esters is 1. The molecule has 38 heavy (non-hydrogen) atoms. The Balaban J connectivity index is 2.07. The summed E-state index contributed by atoms with van der Waals surface area (Å²) in [6.45, 7) is 7.24. The molecule has 0 fully saturated rings.